The van der Waals surface area contributed by atoms with Crippen LogP contribution in [0.4, 0.5) is 8.78 Å². The number of halogens is 3. The van der Waals surface area contributed by atoms with Crippen molar-refractivity contribution in [1.29, 1.82) is 0 Å². The van der Waals surface area contributed by atoms with Gasteiger partial charge in [0.25, 0.3) is 0 Å². The van der Waals surface area contributed by atoms with Gasteiger partial charge in [0, 0.05) is 10.0 Å². The van der Waals surface area contributed by atoms with Crippen LogP contribution in [0.15, 0.2) is 46.9 Å². The standard InChI is InChI=1S/C15H14BrF2N/c1-15(19,11-2-5-13(17)6-3-11)9-10-8-12(16)4-7-14(10)18/h2-8H,9,19H2,1H3. The lowest BCUT2D eigenvalue weighted by molar-refractivity contribution is 0.474. The Bertz CT molecular complexity index is 579. The second-order valence-corrected chi connectivity index (χ2v) is 5.75. The number of nitrogens with two attached hydrogens (primary N) is 1. The lowest BCUT2D eigenvalue weighted by Crippen LogP contribution is -2.35. The van der Waals surface area contributed by atoms with Gasteiger partial charge in [-0.05, 0) is 54.8 Å². The minimum Gasteiger partial charge on any atom is -0.321 e. The maximum Gasteiger partial charge on any atom is 0.126 e. The van der Waals surface area contributed by atoms with Crippen LogP contribution < -0.4 is 5.73 Å². The van der Waals surface area contributed by atoms with Gasteiger partial charge in [-0.1, -0.05) is 28.1 Å². The van der Waals surface area contributed by atoms with E-state index in [-0.39, 0.29) is 11.6 Å². The van der Waals surface area contributed by atoms with Crippen LogP contribution in [-0.2, 0) is 12.0 Å². The van der Waals surface area contributed by atoms with Crippen LogP contribution >= 0.6 is 15.9 Å². The van der Waals surface area contributed by atoms with Gasteiger partial charge < -0.3 is 5.73 Å². The molecule has 0 aliphatic rings. The molecule has 0 aliphatic heterocycles. The smallest absolute Gasteiger partial charge is 0.126 e. The molecule has 0 aliphatic carbocycles. The van der Waals surface area contributed by atoms with Gasteiger partial charge in [0.2, 0.25) is 0 Å². The average Bonchev–Trinajstić information content (AvgIpc) is 2.34. The second kappa shape index (κ2) is 5.39. The summed E-state index contributed by atoms with van der Waals surface area (Å²) in [6.45, 7) is 1.81. The SMILES string of the molecule is CC(N)(Cc1cc(Br)ccc1F)c1ccc(F)cc1. The van der Waals surface area contributed by atoms with Crippen LogP contribution in [0.2, 0.25) is 0 Å². The molecule has 0 amide bonds. The highest BCUT2D eigenvalue weighted by Crippen LogP contribution is 2.26. The zero-order valence-corrected chi connectivity index (χ0v) is 12.0. The molecule has 2 aromatic carbocycles. The normalized spacial score (nSPS) is 14.2. The summed E-state index contributed by atoms with van der Waals surface area (Å²) in [6, 6.07) is 10.7. The molecular formula is C15H14BrF2N. The third-order valence-corrected chi connectivity index (χ3v) is 3.56. The Morgan fingerprint density at radius 3 is 2.37 bits per heavy atom. The molecule has 0 heterocycles. The Balaban J connectivity index is 2.30. The summed E-state index contributed by atoms with van der Waals surface area (Å²) >= 11 is 3.31. The maximum absolute atomic E-state index is 13.7. The molecule has 2 rings (SSSR count). The van der Waals surface area contributed by atoms with Crippen LogP contribution in [0.5, 0.6) is 0 Å². The largest absolute Gasteiger partial charge is 0.321 e. The van der Waals surface area contributed by atoms with E-state index in [1.54, 1.807) is 31.2 Å². The van der Waals surface area contributed by atoms with Crippen molar-refractivity contribution in [3.63, 3.8) is 0 Å². The molecule has 1 nitrogen and oxygen atoms in total. The summed E-state index contributed by atoms with van der Waals surface area (Å²) in [5, 5.41) is 0. The highest BCUT2D eigenvalue weighted by atomic mass is 79.9. The third-order valence-electron chi connectivity index (χ3n) is 3.07. The van der Waals surface area contributed by atoms with E-state index in [0.717, 1.165) is 10.0 Å². The van der Waals surface area contributed by atoms with Crippen molar-refractivity contribution >= 4 is 15.9 Å². The molecule has 0 fully saturated rings. The molecular weight excluding hydrogens is 312 g/mol. The number of hydrogen-bond donors (Lipinski definition) is 1. The summed E-state index contributed by atoms with van der Waals surface area (Å²) in [7, 11) is 0. The van der Waals surface area contributed by atoms with E-state index >= 15 is 0 Å². The summed E-state index contributed by atoms with van der Waals surface area (Å²) in [4.78, 5) is 0. The maximum atomic E-state index is 13.7. The van der Waals surface area contributed by atoms with Crippen molar-refractivity contribution in [3.05, 3.63) is 69.7 Å². The Morgan fingerprint density at radius 2 is 1.74 bits per heavy atom. The van der Waals surface area contributed by atoms with E-state index in [2.05, 4.69) is 15.9 Å². The van der Waals surface area contributed by atoms with Gasteiger partial charge in [0.15, 0.2) is 0 Å². The Morgan fingerprint density at radius 1 is 1.11 bits per heavy atom. The highest BCUT2D eigenvalue weighted by Gasteiger charge is 2.23. The van der Waals surface area contributed by atoms with Crippen LogP contribution in [-0.4, -0.2) is 0 Å². The summed E-state index contributed by atoms with van der Waals surface area (Å²) in [6.07, 6.45) is 0.337. The predicted molar refractivity (Wildman–Crippen MR) is 75.7 cm³/mol. The molecule has 1 unspecified atom stereocenters. The Hall–Kier alpha value is -1.26. The zero-order chi connectivity index (χ0) is 14.0. The molecule has 100 valence electrons. The second-order valence-electron chi connectivity index (χ2n) is 4.84. The van der Waals surface area contributed by atoms with Gasteiger partial charge in [-0.25, -0.2) is 8.78 Å². The summed E-state index contributed by atoms with van der Waals surface area (Å²) in [5.41, 5.74) is 6.78. The Kier molecular flexibility index (Phi) is 4.02. The molecule has 0 radical (unpaired) electrons. The molecule has 19 heavy (non-hydrogen) atoms. The fourth-order valence-corrected chi connectivity index (χ4v) is 2.42. The zero-order valence-electron chi connectivity index (χ0n) is 10.5. The first-order chi connectivity index (χ1) is 8.88. The van der Waals surface area contributed by atoms with Crippen LogP contribution in [0, 0.1) is 11.6 Å². The van der Waals surface area contributed by atoms with E-state index in [1.165, 1.54) is 18.2 Å². The van der Waals surface area contributed by atoms with Gasteiger partial charge in [0.1, 0.15) is 11.6 Å². The van der Waals surface area contributed by atoms with Crippen LogP contribution in [0.3, 0.4) is 0 Å². The Labute approximate surface area is 119 Å². The van der Waals surface area contributed by atoms with Gasteiger partial charge in [0.05, 0.1) is 0 Å². The average molecular weight is 326 g/mol. The molecule has 0 aromatic heterocycles. The van der Waals surface area contributed by atoms with Crippen molar-refractivity contribution < 1.29 is 8.78 Å². The van der Waals surface area contributed by atoms with E-state index in [1.807, 2.05) is 0 Å². The molecule has 0 saturated carbocycles. The minimum absolute atomic E-state index is 0.290. The molecule has 2 N–H and O–H groups in total. The van der Waals surface area contributed by atoms with E-state index in [9.17, 15) is 8.78 Å². The van der Waals surface area contributed by atoms with E-state index in [4.69, 9.17) is 5.73 Å². The monoisotopic (exact) mass is 325 g/mol. The topological polar surface area (TPSA) is 26.0 Å². The van der Waals surface area contributed by atoms with Gasteiger partial charge in [-0.3, -0.25) is 0 Å². The first-order valence-electron chi connectivity index (χ1n) is 5.87. The number of benzene rings is 2. The van der Waals surface area contributed by atoms with Gasteiger partial charge >= 0.3 is 0 Å². The minimum atomic E-state index is -0.755. The van der Waals surface area contributed by atoms with E-state index in [0.29, 0.717) is 12.0 Å². The van der Waals surface area contributed by atoms with Gasteiger partial charge in [-0.2, -0.15) is 0 Å². The lowest BCUT2D eigenvalue weighted by atomic mass is 9.86. The quantitative estimate of drug-likeness (QED) is 0.901. The molecule has 0 bridgehead atoms. The van der Waals surface area contributed by atoms with Crippen LogP contribution in [0.25, 0.3) is 0 Å². The summed E-state index contributed by atoms with van der Waals surface area (Å²) < 4.78 is 27.5. The van der Waals surface area contributed by atoms with Crippen molar-refractivity contribution in [3.8, 4) is 0 Å². The number of rotatable bonds is 3. The fraction of sp³-hybridized carbons (Fsp3) is 0.200. The van der Waals surface area contributed by atoms with Crippen molar-refractivity contribution in [2.45, 2.75) is 18.9 Å². The first kappa shape index (κ1) is 14.2. The van der Waals surface area contributed by atoms with Crippen LogP contribution in [0.1, 0.15) is 18.1 Å². The van der Waals surface area contributed by atoms with Gasteiger partial charge in [-0.15, -0.1) is 0 Å². The first-order valence-corrected chi connectivity index (χ1v) is 6.67. The molecule has 1 atom stereocenters. The predicted octanol–water partition coefficient (Wildman–Crippen LogP) is 4.14. The van der Waals surface area contributed by atoms with E-state index < -0.39 is 5.54 Å². The van der Waals surface area contributed by atoms with Crippen molar-refractivity contribution in [2.75, 3.05) is 0 Å². The highest BCUT2D eigenvalue weighted by molar-refractivity contribution is 9.10. The number of hydrogen-bond acceptors (Lipinski definition) is 1. The summed E-state index contributed by atoms with van der Waals surface area (Å²) in [5.74, 6) is -0.602. The van der Waals surface area contributed by atoms with Crippen molar-refractivity contribution in [2.24, 2.45) is 5.73 Å². The molecule has 0 saturated heterocycles. The third kappa shape index (κ3) is 3.39. The van der Waals surface area contributed by atoms with Crippen molar-refractivity contribution in [1.82, 2.24) is 0 Å². The lowest BCUT2D eigenvalue weighted by Gasteiger charge is -2.25. The molecule has 2 aromatic rings. The fourth-order valence-electron chi connectivity index (χ4n) is 2.01. The molecule has 0 spiro atoms. The molecule has 4 heteroatoms.